The van der Waals surface area contributed by atoms with E-state index < -0.39 is 97.5 Å². The van der Waals surface area contributed by atoms with Gasteiger partial charge in [0.1, 0.15) is 19.3 Å². The molecule has 19 heteroatoms. The number of unbranched alkanes of at least 4 members (excludes halogenated alkanes) is 27. The molecule has 0 saturated carbocycles. The topological polar surface area (TPSA) is 237 Å². The summed E-state index contributed by atoms with van der Waals surface area (Å²) in [6.07, 6.45) is 35.1. The van der Waals surface area contributed by atoms with Crippen LogP contribution < -0.4 is 0 Å². The van der Waals surface area contributed by atoms with Gasteiger partial charge in [0, 0.05) is 25.7 Å². The molecule has 0 radical (unpaired) electrons. The summed E-state index contributed by atoms with van der Waals surface area (Å²) in [6.45, 7) is 13.9. The fraction of sp³-hybridized carbons (Fsp3) is 0.938. The number of phosphoric ester groups is 2. The lowest BCUT2D eigenvalue weighted by molar-refractivity contribution is -0.161. The molecule has 0 aliphatic rings. The van der Waals surface area contributed by atoms with Crippen LogP contribution in [0.1, 0.15) is 312 Å². The van der Waals surface area contributed by atoms with Crippen molar-refractivity contribution in [1.82, 2.24) is 0 Å². The molecule has 0 spiro atoms. The SMILES string of the molecule is CCC(C)CCCCCCCCCCCCC(=O)OC[C@H](COP(=O)(O)OC[C@@H](O)COP(=O)(O)OC[C@@H](COC(=O)CCCCCCCCC(C)C)OC(=O)CCCCCCCCCCCC(C)C)OC(=O)CCCCCCCCC(C)C. The van der Waals surface area contributed by atoms with Crippen molar-refractivity contribution in [3.8, 4) is 0 Å². The second kappa shape index (κ2) is 55.2. The first-order valence-electron chi connectivity index (χ1n) is 33.7. The molecule has 3 N–H and O–H groups in total. The van der Waals surface area contributed by atoms with Crippen LogP contribution in [-0.4, -0.2) is 96.7 Å². The van der Waals surface area contributed by atoms with Crippen LogP contribution in [-0.2, 0) is 65.4 Å². The van der Waals surface area contributed by atoms with Gasteiger partial charge in [0.2, 0.25) is 0 Å². The third-order valence-corrected chi connectivity index (χ3v) is 17.1. The van der Waals surface area contributed by atoms with E-state index in [0.29, 0.717) is 37.5 Å². The van der Waals surface area contributed by atoms with Gasteiger partial charge in [0.25, 0.3) is 0 Å². The van der Waals surface area contributed by atoms with Gasteiger partial charge < -0.3 is 33.8 Å². The van der Waals surface area contributed by atoms with Gasteiger partial charge in [-0.15, -0.1) is 0 Å². The number of esters is 4. The van der Waals surface area contributed by atoms with E-state index in [-0.39, 0.29) is 25.7 Å². The van der Waals surface area contributed by atoms with Crippen LogP contribution in [0, 0.1) is 23.7 Å². The molecule has 17 nitrogen and oxygen atoms in total. The highest BCUT2D eigenvalue weighted by atomic mass is 31.2. The summed E-state index contributed by atoms with van der Waals surface area (Å²) in [5, 5.41) is 10.5. The monoisotopic (exact) mass is 1240 g/mol. The predicted octanol–water partition coefficient (Wildman–Crippen LogP) is 17.8. The van der Waals surface area contributed by atoms with Crippen molar-refractivity contribution in [2.45, 2.75) is 331 Å². The van der Waals surface area contributed by atoms with Crippen LogP contribution in [0.25, 0.3) is 0 Å². The van der Waals surface area contributed by atoms with Crippen LogP contribution in [0.2, 0.25) is 0 Å². The highest BCUT2D eigenvalue weighted by Crippen LogP contribution is 2.45. The van der Waals surface area contributed by atoms with Gasteiger partial charge in [-0.3, -0.25) is 37.3 Å². The fourth-order valence-corrected chi connectivity index (χ4v) is 11.2. The van der Waals surface area contributed by atoms with Crippen molar-refractivity contribution in [2.75, 3.05) is 39.6 Å². The van der Waals surface area contributed by atoms with E-state index in [2.05, 4.69) is 55.4 Å². The van der Waals surface area contributed by atoms with Crippen LogP contribution in [0.15, 0.2) is 0 Å². The Morgan fingerprint density at radius 2 is 0.571 bits per heavy atom. The van der Waals surface area contributed by atoms with Crippen LogP contribution >= 0.6 is 15.6 Å². The maximum absolute atomic E-state index is 13.0. The van der Waals surface area contributed by atoms with Crippen molar-refractivity contribution in [3.63, 3.8) is 0 Å². The smallest absolute Gasteiger partial charge is 0.462 e. The highest BCUT2D eigenvalue weighted by molar-refractivity contribution is 7.47. The van der Waals surface area contributed by atoms with E-state index in [1.54, 1.807) is 0 Å². The summed E-state index contributed by atoms with van der Waals surface area (Å²) >= 11 is 0. The quantitative estimate of drug-likeness (QED) is 0.0222. The van der Waals surface area contributed by atoms with Crippen molar-refractivity contribution < 1.29 is 80.2 Å². The lowest BCUT2D eigenvalue weighted by Crippen LogP contribution is -2.30. The Balaban J connectivity index is 5.22. The zero-order valence-electron chi connectivity index (χ0n) is 54.5. The number of rotatable bonds is 62. The van der Waals surface area contributed by atoms with Gasteiger partial charge in [-0.05, 0) is 49.4 Å². The summed E-state index contributed by atoms with van der Waals surface area (Å²) in [5.74, 6) is 0.752. The Kier molecular flexibility index (Phi) is 53.9. The number of ether oxygens (including phenoxy) is 4. The lowest BCUT2D eigenvalue weighted by atomic mass is 9.99. The van der Waals surface area contributed by atoms with E-state index in [0.717, 1.165) is 108 Å². The zero-order valence-corrected chi connectivity index (χ0v) is 56.3. The summed E-state index contributed by atoms with van der Waals surface area (Å²) in [5.41, 5.74) is 0. The number of aliphatic hydroxyl groups is 1. The zero-order chi connectivity index (χ0) is 62.5. The number of aliphatic hydroxyl groups excluding tert-OH is 1. The Morgan fingerprint density at radius 3 is 0.845 bits per heavy atom. The maximum atomic E-state index is 13.0. The molecule has 0 aromatic heterocycles. The standard InChI is InChI=1S/C65H126O17P2/c1-9-58(8)44-36-28-18-14-10-11-15-19-29-37-45-62(67)75-51-61(82-65(70)48-40-32-24-22-27-35-43-57(6)7)54-80-84(73,74)78-50-59(66)49-77-83(71,72)79-53-60(52-76-63(68)46-38-30-23-21-26-34-42-56(4)5)81-64(69)47-39-31-20-16-12-13-17-25-33-41-55(2)3/h55-61,66H,9-54H2,1-8H3,(H,71,72)(H,73,74)/t58?,59-,60+,61+/m0/s1. The number of carbonyl (C=O) groups is 4. The average molecular weight is 1240 g/mol. The van der Waals surface area contributed by atoms with E-state index in [9.17, 15) is 43.2 Å². The summed E-state index contributed by atoms with van der Waals surface area (Å²) in [4.78, 5) is 72.2. The number of phosphoric acid groups is 2. The molecule has 0 aliphatic carbocycles. The van der Waals surface area contributed by atoms with Crippen LogP contribution in [0.4, 0.5) is 0 Å². The maximum Gasteiger partial charge on any atom is 0.472 e. The van der Waals surface area contributed by atoms with Gasteiger partial charge in [-0.1, -0.05) is 261 Å². The Hall–Kier alpha value is -1.94. The molecule has 0 bridgehead atoms. The van der Waals surface area contributed by atoms with Crippen LogP contribution in [0.5, 0.6) is 0 Å². The van der Waals surface area contributed by atoms with Gasteiger partial charge in [-0.25, -0.2) is 9.13 Å². The normalized spacial score (nSPS) is 14.7. The molecule has 0 fully saturated rings. The fourth-order valence-electron chi connectivity index (χ4n) is 9.57. The van der Waals surface area contributed by atoms with E-state index in [1.807, 2.05) is 0 Å². The average Bonchev–Trinajstić information content (AvgIpc) is 3.44. The molecule has 498 valence electrons. The first-order valence-corrected chi connectivity index (χ1v) is 36.7. The number of carbonyl (C=O) groups excluding carboxylic acids is 4. The lowest BCUT2D eigenvalue weighted by Gasteiger charge is -2.21. The molecular weight excluding hydrogens is 1110 g/mol. The molecule has 0 amide bonds. The minimum atomic E-state index is -4.95. The van der Waals surface area contributed by atoms with Crippen molar-refractivity contribution in [1.29, 1.82) is 0 Å². The molecule has 0 aliphatic heterocycles. The number of hydrogen-bond acceptors (Lipinski definition) is 15. The van der Waals surface area contributed by atoms with E-state index in [4.69, 9.17) is 37.0 Å². The van der Waals surface area contributed by atoms with Gasteiger partial charge in [0.05, 0.1) is 26.4 Å². The first-order chi connectivity index (χ1) is 40.1. The minimum Gasteiger partial charge on any atom is -0.462 e. The molecule has 0 aromatic carbocycles. The molecule has 0 rings (SSSR count). The summed E-state index contributed by atoms with van der Waals surface area (Å²) in [7, 11) is -9.89. The second-order valence-electron chi connectivity index (χ2n) is 25.2. The van der Waals surface area contributed by atoms with E-state index in [1.165, 1.54) is 109 Å². The van der Waals surface area contributed by atoms with Gasteiger partial charge >= 0.3 is 39.5 Å². The third kappa shape index (κ3) is 57.8. The van der Waals surface area contributed by atoms with E-state index >= 15 is 0 Å². The molecule has 84 heavy (non-hydrogen) atoms. The Morgan fingerprint density at radius 1 is 0.333 bits per heavy atom. The number of hydrogen-bond donors (Lipinski definition) is 3. The van der Waals surface area contributed by atoms with Gasteiger partial charge in [-0.2, -0.15) is 0 Å². The molecule has 0 aromatic rings. The Bertz CT molecular complexity index is 1680. The molecular formula is C65H126O17P2. The van der Waals surface area contributed by atoms with Crippen LogP contribution in [0.3, 0.4) is 0 Å². The summed E-state index contributed by atoms with van der Waals surface area (Å²) < 4.78 is 68.0. The van der Waals surface area contributed by atoms with Gasteiger partial charge in [0.15, 0.2) is 12.2 Å². The van der Waals surface area contributed by atoms with Crippen molar-refractivity contribution in [2.24, 2.45) is 23.7 Å². The minimum absolute atomic E-state index is 0.101. The predicted molar refractivity (Wildman–Crippen MR) is 335 cm³/mol. The highest BCUT2D eigenvalue weighted by Gasteiger charge is 2.30. The van der Waals surface area contributed by atoms with Crippen molar-refractivity contribution in [3.05, 3.63) is 0 Å². The largest absolute Gasteiger partial charge is 0.472 e. The molecule has 0 saturated heterocycles. The Labute approximate surface area is 511 Å². The first kappa shape index (κ1) is 82.1. The second-order valence-corrected chi connectivity index (χ2v) is 28.1. The summed E-state index contributed by atoms with van der Waals surface area (Å²) in [6, 6.07) is 0. The molecule has 6 atom stereocenters. The van der Waals surface area contributed by atoms with Crippen molar-refractivity contribution >= 4 is 39.5 Å². The molecule has 0 heterocycles. The third-order valence-electron chi connectivity index (χ3n) is 15.2. The molecule has 3 unspecified atom stereocenters.